The first-order chi connectivity index (χ1) is 14.8. The molecule has 1 aliphatic heterocycles. The molecule has 8 nitrogen and oxygen atoms in total. The number of ketones is 1. The molecule has 0 aliphatic carbocycles. The minimum absolute atomic E-state index is 0.0317. The number of fused-ring (bicyclic) bond motifs is 1. The average molecular weight is 449 g/mol. The number of aromatic amines is 1. The Labute approximate surface area is 177 Å². The Hall–Kier alpha value is -3.05. The van der Waals surface area contributed by atoms with E-state index in [1.165, 1.54) is 6.20 Å². The van der Waals surface area contributed by atoms with Crippen LogP contribution in [0.3, 0.4) is 0 Å². The standard InChI is InChI=1S/C20H21F2N5O3S/c1-2-5-31(29,30)27-16-4-3-15(21)17(18(16)22)19(28)14-10-25-20-13(14)6-11(9-24-20)26-12-7-23-8-12/h3-4,6,9-10,12,23,26-27H,2,5,7-8H2,1H3,(H,24,25). The number of sulfonamides is 1. The van der Waals surface area contributed by atoms with Crippen molar-refractivity contribution in [1.29, 1.82) is 0 Å². The lowest BCUT2D eigenvalue weighted by molar-refractivity contribution is 0.103. The molecule has 1 aromatic carbocycles. The van der Waals surface area contributed by atoms with Crippen molar-refractivity contribution in [2.24, 2.45) is 0 Å². The highest BCUT2D eigenvalue weighted by atomic mass is 32.2. The van der Waals surface area contributed by atoms with Crippen molar-refractivity contribution in [3.05, 3.63) is 53.4 Å². The Morgan fingerprint density at radius 2 is 2.06 bits per heavy atom. The van der Waals surface area contributed by atoms with E-state index in [2.05, 4.69) is 25.3 Å². The monoisotopic (exact) mass is 449 g/mol. The minimum atomic E-state index is -3.82. The van der Waals surface area contributed by atoms with Gasteiger partial charge in [0.05, 0.1) is 34.9 Å². The van der Waals surface area contributed by atoms with E-state index in [0.29, 0.717) is 23.1 Å². The second-order valence-electron chi connectivity index (χ2n) is 7.36. The number of rotatable bonds is 8. The Balaban J connectivity index is 1.71. The molecule has 1 fully saturated rings. The number of H-pyrrole nitrogens is 1. The van der Waals surface area contributed by atoms with Crippen LogP contribution in [-0.2, 0) is 10.0 Å². The van der Waals surface area contributed by atoms with Gasteiger partial charge in [-0.2, -0.15) is 0 Å². The van der Waals surface area contributed by atoms with Gasteiger partial charge in [-0.05, 0) is 24.6 Å². The van der Waals surface area contributed by atoms with E-state index in [-0.39, 0.29) is 17.4 Å². The number of pyridine rings is 1. The van der Waals surface area contributed by atoms with Crippen LogP contribution in [-0.4, -0.2) is 49.1 Å². The fourth-order valence-electron chi connectivity index (χ4n) is 3.36. The number of carbonyl (C=O) groups excluding carboxylic acids is 1. The maximum atomic E-state index is 15.0. The summed E-state index contributed by atoms with van der Waals surface area (Å²) in [5.74, 6) is -3.49. The fourth-order valence-corrected chi connectivity index (χ4v) is 4.49. The van der Waals surface area contributed by atoms with Crippen molar-refractivity contribution < 1.29 is 22.0 Å². The van der Waals surface area contributed by atoms with Crippen LogP contribution in [0, 0.1) is 11.6 Å². The van der Waals surface area contributed by atoms with Crippen LogP contribution in [0.2, 0.25) is 0 Å². The van der Waals surface area contributed by atoms with Gasteiger partial charge in [0.15, 0.2) is 5.82 Å². The van der Waals surface area contributed by atoms with Crippen LogP contribution in [0.25, 0.3) is 11.0 Å². The zero-order valence-corrected chi connectivity index (χ0v) is 17.4. The highest BCUT2D eigenvalue weighted by Crippen LogP contribution is 2.28. The lowest BCUT2D eigenvalue weighted by Gasteiger charge is -2.28. The minimum Gasteiger partial charge on any atom is -0.378 e. The van der Waals surface area contributed by atoms with Crippen LogP contribution >= 0.6 is 0 Å². The molecule has 3 heterocycles. The van der Waals surface area contributed by atoms with Gasteiger partial charge in [0.25, 0.3) is 0 Å². The molecule has 31 heavy (non-hydrogen) atoms. The first-order valence-electron chi connectivity index (χ1n) is 9.76. The van der Waals surface area contributed by atoms with Gasteiger partial charge >= 0.3 is 0 Å². The molecule has 0 unspecified atom stereocenters. The molecule has 0 saturated carbocycles. The Morgan fingerprint density at radius 1 is 1.29 bits per heavy atom. The van der Waals surface area contributed by atoms with E-state index in [1.54, 1.807) is 19.2 Å². The molecule has 164 valence electrons. The number of halogens is 2. The number of carbonyl (C=O) groups is 1. The van der Waals surface area contributed by atoms with E-state index in [9.17, 15) is 17.6 Å². The third kappa shape index (κ3) is 4.23. The average Bonchev–Trinajstić information content (AvgIpc) is 3.10. The van der Waals surface area contributed by atoms with Crippen molar-refractivity contribution in [3.8, 4) is 0 Å². The Kier molecular flexibility index (Phi) is 5.63. The third-order valence-corrected chi connectivity index (χ3v) is 6.46. The van der Waals surface area contributed by atoms with Gasteiger partial charge in [-0.1, -0.05) is 6.92 Å². The van der Waals surface area contributed by atoms with E-state index < -0.39 is 38.7 Å². The molecule has 11 heteroatoms. The summed E-state index contributed by atoms with van der Waals surface area (Å²) in [7, 11) is -3.82. The molecule has 0 atom stereocenters. The van der Waals surface area contributed by atoms with Gasteiger partial charge in [0.1, 0.15) is 11.5 Å². The third-order valence-electron chi connectivity index (χ3n) is 4.98. The number of hydrogen-bond donors (Lipinski definition) is 4. The summed E-state index contributed by atoms with van der Waals surface area (Å²) < 4.78 is 55.6. The predicted octanol–water partition coefficient (Wildman–Crippen LogP) is 2.61. The SMILES string of the molecule is CCCS(=O)(=O)Nc1ccc(F)c(C(=O)c2c[nH]c3ncc(NC4CNC4)cc23)c1F. The molecule has 1 saturated heterocycles. The van der Waals surface area contributed by atoms with Crippen LogP contribution in [0.5, 0.6) is 0 Å². The number of aromatic nitrogens is 2. The van der Waals surface area contributed by atoms with E-state index in [0.717, 1.165) is 25.2 Å². The predicted molar refractivity (Wildman–Crippen MR) is 114 cm³/mol. The molecule has 4 N–H and O–H groups in total. The number of nitrogens with one attached hydrogen (secondary N) is 4. The van der Waals surface area contributed by atoms with Crippen molar-refractivity contribution >= 4 is 38.2 Å². The Morgan fingerprint density at radius 3 is 2.74 bits per heavy atom. The second kappa shape index (κ2) is 8.23. The van der Waals surface area contributed by atoms with Gasteiger partial charge in [-0.15, -0.1) is 0 Å². The van der Waals surface area contributed by atoms with E-state index in [1.807, 2.05) is 0 Å². The summed E-state index contributed by atoms with van der Waals surface area (Å²) in [6, 6.07) is 3.75. The van der Waals surface area contributed by atoms with Gasteiger partial charge in [-0.3, -0.25) is 9.52 Å². The summed E-state index contributed by atoms with van der Waals surface area (Å²) >= 11 is 0. The molecule has 0 amide bonds. The fraction of sp³-hybridized carbons (Fsp3) is 0.300. The van der Waals surface area contributed by atoms with Gasteiger partial charge in [0.2, 0.25) is 15.8 Å². The largest absolute Gasteiger partial charge is 0.378 e. The zero-order chi connectivity index (χ0) is 22.2. The number of nitrogens with zero attached hydrogens (tertiary/aromatic N) is 1. The van der Waals surface area contributed by atoms with E-state index >= 15 is 4.39 Å². The Bertz CT molecular complexity index is 1260. The number of hydrogen-bond acceptors (Lipinski definition) is 6. The molecule has 4 rings (SSSR count). The topological polar surface area (TPSA) is 116 Å². The maximum Gasteiger partial charge on any atom is 0.232 e. The normalized spacial score (nSPS) is 14.4. The van der Waals surface area contributed by atoms with E-state index in [4.69, 9.17) is 0 Å². The smallest absolute Gasteiger partial charge is 0.232 e. The molecule has 0 bridgehead atoms. The van der Waals surface area contributed by atoms with Crippen LogP contribution in [0.4, 0.5) is 20.2 Å². The van der Waals surface area contributed by atoms with Crippen LogP contribution in [0.15, 0.2) is 30.6 Å². The quantitative estimate of drug-likeness (QED) is 0.393. The lowest BCUT2D eigenvalue weighted by atomic mass is 10.0. The van der Waals surface area contributed by atoms with Crippen LogP contribution < -0.4 is 15.4 Å². The van der Waals surface area contributed by atoms with Gasteiger partial charge in [-0.25, -0.2) is 22.2 Å². The van der Waals surface area contributed by atoms with Gasteiger partial charge in [0, 0.05) is 30.2 Å². The summed E-state index contributed by atoms with van der Waals surface area (Å²) in [4.78, 5) is 20.2. The van der Waals surface area contributed by atoms with Crippen molar-refractivity contribution in [2.75, 3.05) is 28.9 Å². The molecule has 0 radical (unpaired) electrons. The number of anilines is 2. The molecule has 3 aromatic rings. The molecule has 1 aliphatic rings. The molecular formula is C20H21F2N5O3S. The van der Waals surface area contributed by atoms with Crippen molar-refractivity contribution in [1.82, 2.24) is 15.3 Å². The molecule has 0 spiro atoms. The maximum absolute atomic E-state index is 15.0. The first-order valence-corrected chi connectivity index (χ1v) is 11.4. The van der Waals surface area contributed by atoms with Gasteiger partial charge < -0.3 is 15.6 Å². The lowest BCUT2D eigenvalue weighted by Crippen LogP contribution is -2.51. The van der Waals surface area contributed by atoms with Crippen LogP contribution in [0.1, 0.15) is 29.3 Å². The summed E-state index contributed by atoms with van der Waals surface area (Å²) in [5.41, 5.74) is -0.213. The highest BCUT2D eigenvalue weighted by molar-refractivity contribution is 7.92. The molecular weight excluding hydrogens is 428 g/mol. The zero-order valence-electron chi connectivity index (χ0n) is 16.6. The summed E-state index contributed by atoms with van der Waals surface area (Å²) in [6.45, 7) is 3.26. The highest BCUT2D eigenvalue weighted by Gasteiger charge is 2.26. The first kappa shape index (κ1) is 21.2. The molecule has 2 aromatic heterocycles. The van der Waals surface area contributed by atoms with Crippen molar-refractivity contribution in [3.63, 3.8) is 0 Å². The summed E-state index contributed by atoms with van der Waals surface area (Å²) in [6.07, 6.45) is 3.26. The number of benzene rings is 1. The van der Waals surface area contributed by atoms with Crippen molar-refractivity contribution in [2.45, 2.75) is 19.4 Å². The summed E-state index contributed by atoms with van der Waals surface area (Å²) in [5, 5.41) is 6.79. The second-order valence-corrected chi connectivity index (χ2v) is 9.20.